The molecule has 1 amide bonds. The smallest absolute Gasteiger partial charge is 0.254 e. The van der Waals surface area contributed by atoms with Crippen LogP contribution >= 0.6 is 0 Å². The number of carbonyl (C=O) groups excluding carboxylic acids is 1. The van der Waals surface area contributed by atoms with Crippen LogP contribution in [0.3, 0.4) is 0 Å². The molecule has 0 aromatic heterocycles. The summed E-state index contributed by atoms with van der Waals surface area (Å²) in [6, 6.07) is 5.85. The second-order valence-electron chi connectivity index (χ2n) is 4.15. The fraction of sp³-hybridized carbons (Fsp3) is 0.364. The lowest BCUT2D eigenvalue weighted by Crippen LogP contribution is -2.45. The Morgan fingerprint density at radius 1 is 1.47 bits per heavy atom. The molecular weight excluding hydrogens is 195 g/mol. The number of hydrogen-bond donors (Lipinski definition) is 2. The Kier molecular flexibility index (Phi) is 3.42. The third-order valence-electron chi connectivity index (χ3n) is 1.82. The van der Waals surface area contributed by atoms with Crippen molar-refractivity contribution in [1.82, 2.24) is 5.32 Å². The van der Waals surface area contributed by atoms with Gasteiger partial charge in [0.25, 0.3) is 5.91 Å². The number of hydrogen-bond acceptors (Lipinski definition) is 2. The van der Waals surface area contributed by atoms with Gasteiger partial charge in [0.1, 0.15) is 5.82 Å². The van der Waals surface area contributed by atoms with E-state index in [0.29, 0.717) is 6.54 Å². The predicted molar refractivity (Wildman–Crippen MR) is 57.0 cm³/mol. The maximum absolute atomic E-state index is 13.2. The SMILES string of the molecule is CC(C)(N)CNC(=O)c1ccccc1F. The van der Waals surface area contributed by atoms with E-state index in [2.05, 4.69) is 5.32 Å². The summed E-state index contributed by atoms with van der Waals surface area (Å²) in [5, 5.41) is 2.58. The highest BCUT2D eigenvalue weighted by Crippen LogP contribution is 2.06. The second kappa shape index (κ2) is 4.40. The molecular formula is C11H15FN2O. The Hall–Kier alpha value is -1.42. The highest BCUT2D eigenvalue weighted by Gasteiger charge is 2.15. The van der Waals surface area contributed by atoms with Crippen LogP contribution in [0.1, 0.15) is 24.2 Å². The topological polar surface area (TPSA) is 55.1 Å². The molecule has 0 fully saturated rings. The van der Waals surface area contributed by atoms with Gasteiger partial charge in [-0.3, -0.25) is 4.79 Å². The molecule has 15 heavy (non-hydrogen) atoms. The van der Waals surface area contributed by atoms with Crippen LogP contribution in [0.5, 0.6) is 0 Å². The van der Waals surface area contributed by atoms with E-state index in [9.17, 15) is 9.18 Å². The van der Waals surface area contributed by atoms with Crippen LogP contribution in [0.25, 0.3) is 0 Å². The molecule has 1 aromatic carbocycles. The molecule has 1 rings (SSSR count). The zero-order valence-corrected chi connectivity index (χ0v) is 8.88. The normalized spacial score (nSPS) is 11.2. The van der Waals surface area contributed by atoms with Gasteiger partial charge in [-0.15, -0.1) is 0 Å². The minimum Gasteiger partial charge on any atom is -0.350 e. The Morgan fingerprint density at radius 2 is 2.07 bits per heavy atom. The van der Waals surface area contributed by atoms with Crippen LogP contribution in [0.4, 0.5) is 4.39 Å². The molecule has 0 saturated carbocycles. The van der Waals surface area contributed by atoms with Gasteiger partial charge in [0.15, 0.2) is 0 Å². The number of halogens is 1. The first-order chi connectivity index (χ1) is 6.90. The van der Waals surface area contributed by atoms with E-state index in [4.69, 9.17) is 5.73 Å². The Labute approximate surface area is 88.5 Å². The molecule has 82 valence electrons. The van der Waals surface area contributed by atoms with Gasteiger partial charge >= 0.3 is 0 Å². The van der Waals surface area contributed by atoms with Crippen molar-refractivity contribution in [3.63, 3.8) is 0 Å². The first-order valence-corrected chi connectivity index (χ1v) is 4.72. The maximum atomic E-state index is 13.2. The summed E-state index contributed by atoms with van der Waals surface area (Å²) in [7, 11) is 0. The molecule has 4 heteroatoms. The Bertz CT molecular complexity index is 358. The van der Waals surface area contributed by atoms with Crippen LogP contribution in [0.2, 0.25) is 0 Å². The van der Waals surface area contributed by atoms with E-state index in [1.54, 1.807) is 26.0 Å². The van der Waals surface area contributed by atoms with Gasteiger partial charge in [0.2, 0.25) is 0 Å². The monoisotopic (exact) mass is 210 g/mol. The van der Waals surface area contributed by atoms with Crippen LogP contribution in [-0.2, 0) is 0 Å². The molecule has 0 aliphatic rings. The van der Waals surface area contributed by atoms with Crippen LogP contribution < -0.4 is 11.1 Å². The largest absolute Gasteiger partial charge is 0.350 e. The summed E-state index contributed by atoms with van der Waals surface area (Å²) in [6.45, 7) is 3.88. The van der Waals surface area contributed by atoms with Crippen molar-refractivity contribution in [2.75, 3.05) is 6.54 Å². The lowest BCUT2D eigenvalue weighted by molar-refractivity contribution is 0.0942. The lowest BCUT2D eigenvalue weighted by Gasteiger charge is -2.18. The summed E-state index contributed by atoms with van der Waals surface area (Å²) < 4.78 is 13.2. The Balaban J connectivity index is 2.66. The average Bonchev–Trinajstić information content (AvgIpc) is 2.14. The number of carbonyl (C=O) groups is 1. The van der Waals surface area contributed by atoms with Gasteiger partial charge in [0, 0.05) is 12.1 Å². The molecule has 0 heterocycles. The Morgan fingerprint density at radius 3 is 2.60 bits per heavy atom. The van der Waals surface area contributed by atoms with Crippen molar-refractivity contribution in [1.29, 1.82) is 0 Å². The minimum absolute atomic E-state index is 0.0433. The van der Waals surface area contributed by atoms with Gasteiger partial charge in [-0.25, -0.2) is 4.39 Å². The van der Waals surface area contributed by atoms with E-state index in [-0.39, 0.29) is 5.56 Å². The van der Waals surface area contributed by atoms with E-state index in [0.717, 1.165) is 0 Å². The summed E-state index contributed by atoms with van der Waals surface area (Å²) >= 11 is 0. The third-order valence-corrected chi connectivity index (χ3v) is 1.82. The predicted octanol–water partition coefficient (Wildman–Crippen LogP) is 1.29. The fourth-order valence-corrected chi connectivity index (χ4v) is 1.05. The van der Waals surface area contributed by atoms with E-state index < -0.39 is 17.3 Å². The standard InChI is InChI=1S/C11H15FN2O/c1-11(2,13)7-14-10(15)8-5-3-4-6-9(8)12/h3-6H,7,13H2,1-2H3,(H,14,15). The third kappa shape index (κ3) is 3.67. The zero-order valence-electron chi connectivity index (χ0n) is 8.88. The van der Waals surface area contributed by atoms with Crippen molar-refractivity contribution in [3.05, 3.63) is 35.6 Å². The number of rotatable bonds is 3. The lowest BCUT2D eigenvalue weighted by atomic mass is 10.1. The van der Waals surface area contributed by atoms with Gasteiger partial charge in [0.05, 0.1) is 5.56 Å². The summed E-state index contributed by atoms with van der Waals surface area (Å²) in [6.07, 6.45) is 0. The minimum atomic E-state index is -0.523. The van der Waals surface area contributed by atoms with E-state index >= 15 is 0 Å². The quantitative estimate of drug-likeness (QED) is 0.790. The number of amides is 1. The number of nitrogens with two attached hydrogens (primary N) is 1. The molecule has 3 nitrogen and oxygen atoms in total. The van der Waals surface area contributed by atoms with Crippen molar-refractivity contribution in [2.45, 2.75) is 19.4 Å². The van der Waals surface area contributed by atoms with Crippen molar-refractivity contribution in [3.8, 4) is 0 Å². The highest BCUT2D eigenvalue weighted by atomic mass is 19.1. The average molecular weight is 210 g/mol. The van der Waals surface area contributed by atoms with Crippen LogP contribution in [-0.4, -0.2) is 18.0 Å². The first kappa shape index (κ1) is 11.7. The highest BCUT2D eigenvalue weighted by molar-refractivity contribution is 5.94. The van der Waals surface area contributed by atoms with E-state index in [1.807, 2.05) is 0 Å². The first-order valence-electron chi connectivity index (χ1n) is 4.72. The van der Waals surface area contributed by atoms with Crippen LogP contribution in [0.15, 0.2) is 24.3 Å². The number of benzene rings is 1. The zero-order chi connectivity index (χ0) is 11.5. The molecule has 0 aliphatic heterocycles. The molecule has 0 radical (unpaired) electrons. The molecule has 1 aromatic rings. The van der Waals surface area contributed by atoms with Crippen molar-refractivity contribution < 1.29 is 9.18 Å². The second-order valence-corrected chi connectivity index (χ2v) is 4.15. The summed E-state index contributed by atoms with van der Waals surface area (Å²) in [5.41, 5.74) is 5.24. The molecule has 0 unspecified atom stereocenters. The van der Waals surface area contributed by atoms with Gasteiger partial charge < -0.3 is 11.1 Å². The van der Waals surface area contributed by atoms with Crippen LogP contribution in [0, 0.1) is 5.82 Å². The van der Waals surface area contributed by atoms with Gasteiger partial charge in [-0.2, -0.15) is 0 Å². The van der Waals surface area contributed by atoms with Crippen molar-refractivity contribution in [2.24, 2.45) is 5.73 Å². The van der Waals surface area contributed by atoms with Crippen molar-refractivity contribution >= 4 is 5.91 Å². The molecule has 0 bridgehead atoms. The molecule has 0 saturated heterocycles. The number of nitrogens with one attached hydrogen (secondary N) is 1. The fourth-order valence-electron chi connectivity index (χ4n) is 1.05. The van der Waals surface area contributed by atoms with Gasteiger partial charge in [-0.1, -0.05) is 12.1 Å². The molecule has 0 aliphatic carbocycles. The summed E-state index contributed by atoms with van der Waals surface area (Å²) in [4.78, 5) is 11.5. The molecule has 0 atom stereocenters. The molecule has 0 spiro atoms. The molecule has 3 N–H and O–H groups in total. The maximum Gasteiger partial charge on any atom is 0.254 e. The van der Waals surface area contributed by atoms with Gasteiger partial charge in [-0.05, 0) is 26.0 Å². The van der Waals surface area contributed by atoms with E-state index in [1.165, 1.54) is 12.1 Å². The summed E-state index contributed by atoms with van der Waals surface area (Å²) in [5.74, 6) is -0.962.